The molecule has 1 aromatic heterocycles. The first kappa shape index (κ1) is 33.3. The first-order valence-electron chi connectivity index (χ1n) is 15.7. The molecule has 4 N–H and O–H groups in total. The number of cyclic esters (lactones) is 1. The maximum absolute atomic E-state index is 14.2. The van der Waals surface area contributed by atoms with Crippen LogP contribution in [0.4, 0.5) is 0 Å². The second-order valence-electron chi connectivity index (χ2n) is 14.7. The Hall–Kier alpha value is -2.65. The van der Waals surface area contributed by atoms with E-state index < -0.39 is 101 Å². The van der Waals surface area contributed by atoms with E-state index in [1.54, 1.807) is 32.9 Å². The molecule has 5 aliphatic rings. The van der Waals surface area contributed by atoms with Crippen LogP contribution >= 0.6 is 0 Å². The van der Waals surface area contributed by atoms with Crippen molar-refractivity contribution < 1.29 is 62.9 Å². The molecule has 4 fully saturated rings. The van der Waals surface area contributed by atoms with E-state index >= 15 is 0 Å². The van der Waals surface area contributed by atoms with Crippen molar-refractivity contribution in [2.75, 3.05) is 20.3 Å². The number of esters is 2. The Kier molecular flexibility index (Phi) is 7.91. The lowest BCUT2D eigenvalue weighted by molar-refractivity contribution is -0.307. The highest BCUT2D eigenvalue weighted by Crippen LogP contribution is 2.77. The number of rotatable bonds is 7. The monoisotopic (exact) mass is 648 g/mol. The molecule has 3 aliphatic heterocycles. The molecular weight excluding hydrogens is 604 g/mol. The van der Waals surface area contributed by atoms with Gasteiger partial charge >= 0.3 is 11.9 Å². The zero-order chi connectivity index (χ0) is 33.6. The average molecular weight is 649 g/mol. The second kappa shape index (κ2) is 10.9. The van der Waals surface area contributed by atoms with Crippen LogP contribution in [0.5, 0.6) is 0 Å². The van der Waals surface area contributed by atoms with Gasteiger partial charge in [0.15, 0.2) is 18.2 Å². The molecule has 0 radical (unpaired) electrons. The molecule has 0 bridgehead atoms. The number of hydrogen-bond donors (Lipinski definition) is 4. The molecule has 1 aromatic rings. The number of carbonyl (C=O) groups excluding carboxylic acids is 3. The number of ketones is 1. The quantitative estimate of drug-likeness (QED) is 0.244. The highest BCUT2D eigenvalue weighted by molar-refractivity contribution is 5.96. The molecule has 1 saturated carbocycles. The lowest BCUT2D eigenvalue weighted by Crippen LogP contribution is -2.69. The van der Waals surface area contributed by atoms with Gasteiger partial charge < -0.3 is 48.5 Å². The van der Waals surface area contributed by atoms with Crippen molar-refractivity contribution >= 4 is 17.7 Å². The normalized spacial score (nSPS) is 47.8. The maximum atomic E-state index is 14.2. The van der Waals surface area contributed by atoms with Crippen LogP contribution in [-0.4, -0.2) is 101 Å². The largest absolute Gasteiger partial charge is 0.472 e. The van der Waals surface area contributed by atoms with Crippen LogP contribution in [0.25, 0.3) is 0 Å². The summed E-state index contributed by atoms with van der Waals surface area (Å²) in [5, 5.41) is 40.9. The van der Waals surface area contributed by atoms with Gasteiger partial charge in [-0.05, 0) is 43.2 Å². The number of furan rings is 1. The predicted octanol–water partition coefficient (Wildman–Crippen LogP) is 1.21. The number of aliphatic hydroxyl groups is 4. The molecule has 0 aromatic carbocycles. The summed E-state index contributed by atoms with van der Waals surface area (Å²) in [5.74, 6) is -2.50. The molecule has 13 nitrogen and oxygen atoms in total. The standard InChI is InChI=1S/C33H44O13/c1-29(2)19(15-43-27-23(38)22(37)21(36)17(13-34)44-27)30(3,10-8-20(29)35)18-7-11-31(4)24(16-9-12-42-14-16)45-26(39)25-33(31,46-25)32(18,5)28(40)41-6/h8-10,12,14,17-19,21-25,27,34,36-38H,7,11,13,15H2,1-6H3/t17-,18-,19+,21-,22+,23-,24+,25-,27-,30-,31+,32+,33-/m1/s1. The van der Waals surface area contributed by atoms with Gasteiger partial charge in [-0.15, -0.1) is 0 Å². The lowest BCUT2D eigenvalue weighted by atomic mass is 9.40. The topological polar surface area (TPSA) is 195 Å². The summed E-state index contributed by atoms with van der Waals surface area (Å²) in [4.78, 5) is 41.0. The fraction of sp³-hybridized carbons (Fsp3) is 0.727. The fourth-order valence-corrected chi connectivity index (χ4v) is 9.58. The third kappa shape index (κ3) is 4.22. The Labute approximate surface area is 266 Å². The molecule has 46 heavy (non-hydrogen) atoms. The van der Waals surface area contributed by atoms with E-state index in [1.165, 1.54) is 25.7 Å². The number of hydrogen-bond acceptors (Lipinski definition) is 13. The summed E-state index contributed by atoms with van der Waals surface area (Å²) in [6, 6.07) is 1.73. The van der Waals surface area contributed by atoms with Gasteiger partial charge in [-0.2, -0.15) is 0 Å². The van der Waals surface area contributed by atoms with E-state index in [9.17, 15) is 34.8 Å². The van der Waals surface area contributed by atoms with Crippen LogP contribution in [0.15, 0.2) is 35.2 Å². The van der Waals surface area contributed by atoms with Gasteiger partial charge in [0.05, 0.1) is 32.8 Å². The van der Waals surface area contributed by atoms with E-state index in [1.807, 2.05) is 13.8 Å². The minimum atomic E-state index is -1.64. The number of epoxide rings is 1. The van der Waals surface area contributed by atoms with Gasteiger partial charge in [0.2, 0.25) is 0 Å². The molecular formula is C33H44O13. The molecule has 4 heterocycles. The lowest BCUT2D eigenvalue weighted by Gasteiger charge is -2.62. The molecule has 0 unspecified atom stereocenters. The number of aliphatic hydroxyl groups excluding tert-OH is 4. The molecule has 13 heteroatoms. The minimum Gasteiger partial charge on any atom is -0.472 e. The third-order valence-corrected chi connectivity index (χ3v) is 12.2. The van der Waals surface area contributed by atoms with Gasteiger partial charge in [0, 0.05) is 22.3 Å². The molecule has 6 rings (SSSR count). The van der Waals surface area contributed by atoms with Gasteiger partial charge in [0.25, 0.3) is 0 Å². The van der Waals surface area contributed by atoms with Gasteiger partial charge in [-0.3, -0.25) is 9.59 Å². The summed E-state index contributed by atoms with van der Waals surface area (Å²) < 4.78 is 34.8. The van der Waals surface area contributed by atoms with E-state index in [0.29, 0.717) is 18.4 Å². The minimum absolute atomic E-state index is 0.162. The summed E-state index contributed by atoms with van der Waals surface area (Å²) in [5.41, 5.74) is -4.92. The van der Waals surface area contributed by atoms with Crippen LogP contribution in [0.3, 0.4) is 0 Å². The van der Waals surface area contributed by atoms with Crippen molar-refractivity contribution in [3.8, 4) is 0 Å². The van der Waals surface area contributed by atoms with Crippen molar-refractivity contribution in [1.82, 2.24) is 0 Å². The average Bonchev–Trinajstić information content (AvgIpc) is 3.59. The van der Waals surface area contributed by atoms with Crippen molar-refractivity contribution in [3.63, 3.8) is 0 Å². The molecule has 1 spiro atoms. The third-order valence-electron chi connectivity index (χ3n) is 12.2. The van der Waals surface area contributed by atoms with Crippen molar-refractivity contribution in [3.05, 3.63) is 36.3 Å². The highest BCUT2D eigenvalue weighted by Gasteiger charge is 2.88. The van der Waals surface area contributed by atoms with Crippen molar-refractivity contribution in [2.24, 2.45) is 33.5 Å². The van der Waals surface area contributed by atoms with Gasteiger partial charge in [-0.1, -0.05) is 33.8 Å². The number of carbonyl (C=O) groups is 3. The molecule has 2 aliphatic carbocycles. The zero-order valence-corrected chi connectivity index (χ0v) is 26.9. The van der Waals surface area contributed by atoms with Gasteiger partial charge in [0.1, 0.15) is 41.5 Å². The number of ether oxygens (including phenoxy) is 5. The van der Waals surface area contributed by atoms with Gasteiger partial charge in [-0.25, -0.2) is 4.79 Å². The smallest absolute Gasteiger partial charge is 0.339 e. The Morgan fingerprint density at radius 3 is 2.39 bits per heavy atom. The van der Waals surface area contributed by atoms with E-state index in [2.05, 4.69) is 0 Å². The number of allylic oxidation sites excluding steroid dienone is 2. The zero-order valence-electron chi connectivity index (χ0n) is 26.9. The van der Waals surface area contributed by atoms with Crippen LogP contribution in [0.2, 0.25) is 0 Å². The van der Waals surface area contributed by atoms with Crippen LogP contribution in [0.1, 0.15) is 59.1 Å². The Morgan fingerprint density at radius 2 is 1.76 bits per heavy atom. The number of methoxy groups -OCH3 is 1. The molecule has 3 saturated heterocycles. The first-order chi connectivity index (χ1) is 21.6. The van der Waals surface area contributed by atoms with E-state index in [0.717, 1.165) is 0 Å². The maximum Gasteiger partial charge on any atom is 0.339 e. The fourth-order valence-electron chi connectivity index (χ4n) is 9.58. The Bertz CT molecular complexity index is 1400. The highest BCUT2D eigenvalue weighted by atomic mass is 16.7. The molecule has 13 atom stereocenters. The first-order valence-corrected chi connectivity index (χ1v) is 15.7. The summed E-state index contributed by atoms with van der Waals surface area (Å²) in [6.45, 7) is 8.44. The summed E-state index contributed by atoms with van der Waals surface area (Å²) in [6.07, 6.45) is -1.92. The SMILES string of the molecule is COC(=O)[C@]1(C)[C@@H]([C@@]2(C)C=CC(=O)C(C)(C)[C@@H]2CO[C@@H]2O[C@H](CO)[C@@H](O)[C@H](O)[C@H]2O)CC[C@@]2(C)[C@H](c3ccoc3)OC(=O)[C@H]3O[C@]321. The van der Waals surface area contributed by atoms with Crippen molar-refractivity contribution in [2.45, 2.75) is 96.0 Å². The van der Waals surface area contributed by atoms with Crippen molar-refractivity contribution in [1.29, 1.82) is 0 Å². The predicted molar refractivity (Wildman–Crippen MR) is 155 cm³/mol. The van der Waals surface area contributed by atoms with Crippen LogP contribution in [0, 0.1) is 33.5 Å². The molecule has 254 valence electrons. The van der Waals surface area contributed by atoms with Crippen LogP contribution in [-0.2, 0) is 38.1 Å². The van der Waals surface area contributed by atoms with E-state index in [-0.39, 0.29) is 12.4 Å². The Balaban J connectivity index is 1.41. The Morgan fingerprint density at radius 1 is 1.04 bits per heavy atom. The molecule has 0 amide bonds. The summed E-state index contributed by atoms with van der Waals surface area (Å²) >= 11 is 0. The summed E-state index contributed by atoms with van der Waals surface area (Å²) in [7, 11) is 1.30. The second-order valence-corrected chi connectivity index (χ2v) is 14.7. The van der Waals surface area contributed by atoms with E-state index in [4.69, 9.17) is 28.1 Å². The van der Waals surface area contributed by atoms with Crippen LogP contribution < -0.4 is 0 Å².